The van der Waals surface area contributed by atoms with Crippen molar-refractivity contribution >= 4 is 39.5 Å². The van der Waals surface area contributed by atoms with Crippen LogP contribution in [0.5, 0.6) is 0 Å². The maximum absolute atomic E-state index is 8.14. The van der Waals surface area contributed by atoms with Gasteiger partial charge in [-0.05, 0) is 5.92 Å². The molecule has 1 N–H and O–H groups in total. The maximum atomic E-state index is 8.14. The van der Waals surface area contributed by atoms with Gasteiger partial charge in [0, 0.05) is 6.61 Å². The van der Waals surface area contributed by atoms with E-state index in [1.54, 1.807) is 0 Å². The van der Waals surface area contributed by atoms with Gasteiger partial charge in [-0.15, -0.1) is 0 Å². The fraction of sp³-hybridized carbons (Fsp3) is 1.00. The van der Waals surface area contributed by atoms with Crippen LogP contribution in [0.25, 0.3) is 0 Å². The van der Waals surface area contributed by atoms with Crippen molar-refractivity contribution in [3.8, 4) is 0 Å². The first-order valence-electron chi connectivity index (χ1n) is 2.45. The van der Waals surface area contributed by atoms with Crippen LogP contribution in [-0.2, 0) is 11.6 Å². The Labute approximate surface area is 81.6 Å². The van der Waals surface area contributed by atoms with Crippen LogP contribution in [-0.4, -0.2) is 11.7 Å². The van der Waals surface area contributed by atoms with Crippen LogP contribution in [0.2, 0.25) is 0 Å². The first kappa shape index (κ1) is 13.7. The van der Waals surface area contributed by atoms with Gasteiger partial charge in [0.25, 0.3) is 0 Å². The molecule has 0 amide bonds. The molecule has 1 nitrogen and oxygen atoms in total. The van der Waals surface area contributed by atoms with Crippen molar-refractivity contribution in [3.05, 3.63) is 0 Å². The summed E-state index contributed by atoms with van der Waals surface area (Å²) in [5.41, 5.74) is 0. The summed E-state index contributed by atoms with van der Waals surface area (Å²) in [5.74, 6) is 0.440. The molecule has 0 aromatic carbocycles. The van der Waals surface area contributed by atoms with Crippen LogP contribution in [0.4, 0.5) is 0 Å². The monoisotopic (exact) mass is 359 g/mol. The van der Waals surface area contributed by atoms with E-state index in [0.29, 0.717) is 12.5 Å². The van der Waals surface area contributed by atoms with Crippen molar-refractivity contribution in [1.82, 2.24) is 0 Å². The van der Waals surface area contributed by atoms with Gasteiger partial charge in [-0.2, -0.15) is 0 Å². The zero-order chi connectivity index (χ0) is 7.86. The average molecular weight is 362 g/mol. The van der Waals surface area contributed by atoms with Crippen LogP contribution >= 0.6 is 39.5 Å². The van der Waals surface area contributed by atoms with E-state index < -0.39 is 11.6 Å². The Hall–Kier alpha value is 2.11. The SMILES string of the molecule is CC(C)CO.[Br][Ti]([Br])[Br]. The molecule has 5 heteroatoms. The number of hydrogen-bond donors (Lipinski definition) is 1. The number of halogens is 3. The number of aliphatic hydroxyl groups excluding tert-OH is 1. The third-order valence-electron chi connectivity index (χ3n) is 0.365. The molecule has 0 atom stereocenters. The molecule has 0 rings (SSSR count). The van der Waals surface area contributed by atoms with Crippen LogP contribution in [0.15, 0.2) is 0 Å². The van der Waals surface area contributed by atoms with E-state index in [1.165, 1.54) is 0 Å². The van der Waals surface area contributed by atoms with E-state index in [-0.39, 0.29) is 0 Å². The van der Waals surface area contributed by atoms with Crippen LogP contribution in [0, 0.1) is 5.92 Å². The summed E-state index contributed by atoms with van der Waals surface area (Å²) in [6.07, 6.45) is 0. The molecule has 0 saturated heterocycles. The molecule has 0 saturated carbocycles. The quantitative estimate of drug-likeness (QED) is 0.711. The Balaban J connectivity index is 0. The first-order chi connectivity index (χ1) is 4.00. The molecule has 0 aromatic rings. The molecule has 0 radical (unpaired) electrons. The van der Waals surface area contributed by atoms with Crippen LogP contribution in [0.1, 0.15) is 13.8 Å². The van der Waals surface area contributed by atoms with Gasteiger partial charge < -0.3 is 5.11 Å². The average Bonchev–Trinajstić information content (AvgIpc) is 1.65. The Bertz CT molecular complexity index is 48.3. The molecule has 0 spiro atoms. The van der Waals surface area contributed by atoms with Crippen molar-refractivity contribution in [1.29, 1.82) is 0 Å². The van der Waals surface area contributed by atoms with E-state index in [1.807, 2.05) is 13.8 Å². The van der Waals surface area contributed by atoms with Crippen LogP contribution in [0.3, 0.4) is 0 Å². The van der Waals surface area contributed by atoms with Crippen molar-refractivity contribution in [3.63, 3.8) is 0 Å². The summed E-state index contributed by atoms with van der Waals surface area (Å²) >= 11 is 8.92. The molecule has 0 bridgehead atoms. The van der Waals surface area contributed by atoms with Gasteiger partial charge in [0.2, 0.25) is 0 Å². The number of aliphatic hydroxyl groups is 1. The summed E-state index contributed by atoms with van der Waals surface area (Å²) in [5, 5.41) is 8.14. The van der Waals surface area contributed by atoms with Gasteiger partial charge in [-0.1, -0.05) is 13.8 Å². The number of rotatable bonds is 1. The van der Waals surface area contributed by atoms with Crippen LogP contribution < -0.4 is 0 Å². The second-order valence-electron chi connectivity index (χ2n) is 1.79. The molecule has 0 unspecified atom stereocenters. The Morgan fingerprint density at radius 1 is 1.33 bits per heavy atom. The minimum atomic E-state index is -0.896. The Morgan fingerprint density at radius 3 is 1.44 bits per heavy atom. The van der Waals surface area contributed by atoms with E-state index in [9.17, 15) is 0 Å². The first-order valence-corrected chi connectivity index (χ1v) is 14.0. The minimum absolute atomic E-state index is 0.306. The fourth-order valence-corrected chi connectivity index (χ4v) is 0. The van der Waals surface area contributed by atoms with Gasteiger partial charge >= 0.3 is 51.1 Å². The third-order valence-corrected chi connectivity index (χ3v) is 0.365. The summed E-state index contributed by atoms with van der Waals surface area (Å²) in [4.78, 5) is 0. The summed E-state index contributed by atoms with van der Waals surface area (Å²) in [7, 11) is 0. The van der Waals surface area contributed by atoms with Crippen molar-refractivity contribution in [2.24, 2.45) is 5.92 Å². The summed E-state index contributed by atoms with van der Waals surface area (Å²) < 4.78 is 0. The molecular weight excluding hydrogens is 352 g/mol. The van der Waals surface area contributed by atoms with E-state index in [0.717, 1.165) is 0 Å². The van der Waals surface area contributed by atoms with Gasteiger partial charge in [0.05, 0.1) is 0 Å². The van der Waals surface area contributed by atoms with Gasteiger partial charge in [-0.3, -0.25) is 0 Å². The van der Waals surface area contributed by atoms with E-state index >= 15 is 0 Å². The molecular formula is C4H10Br3OTi. The molecule has 0 fully saturated rings. The topological polar surface area (TPSA) is 20.2 Å². The van der Waals surface area contributed by atoms with E-state index in [2.05, 4.69) is 39.5 Å². The van der Waals surface area contributed by atoms with Gasteiger partial charge in [-0.25, -0.2) is 0 Å². The summed E-state index contributed by atoms with van der Waals surface area (Å²) in [6, 6.07) is 0. The fourth-order valence-electron chi connectivity index (χ4n) is 0. The molecule has 0 aliphatic rings. The third kappa shape index (κ3) is 39.3. The van der Waals surface area contributed by atoms with Crippen molar-refractivity contribution < 1.29 is 16.7 Å². The predicted octanol–water partition coefficient (Wildman–Crippen LogP) is 3.17. The predicted molar refractivity (Wildman–Crippen MR) is 48.7 cm³/mol. The molecule has 0 aliphatic heterocycles. The molecule has 0 aliphatic carbocycles. The Morgan fingerprint density at radius 2 is 1.44 bits per heavy atom. The summed E-state index contributed by atoms with van der Waals surface area (Å²) in [6.45, 7) is 4.25. The van der Waals surface area contributed by atoms with E-state index in [4.69, 9.17) is 5.11 Å². The van der Waals surface area contributed by atoms with Crippen molar-refractivity contribution in [2.45, 2.75) is 13.8 Å². The zero-order valence-corrected chi connectivity index (χ0v) is 11.7. The zero-order valence-electron chi connectivity index (χ0n) is 5.37. The second-order valence-corrected chi connectivity index (χ2v) is 25.4. The Kier molecular flexibility index (Phi) is 15.4. The standard InChI is InChI=1S/C4H10O.3BrH.Ti/c1-4(2)3-5;;;;/h4-5H,3H2,1-2H3;3*1H;/q;;;;+3/p-3. The van der Waals surface area contributed by atoms with Crippen molar-refractivity contribution in [2.75, 3.05) is 6.61 Å². The van der Waals surface area contributed by atoms with Gasteiger partial charge in [0.15, 0.2) is 0 Å². The number of hydrogen-bond acceptors (Lipinski definition) is 1. The molecule has 57 valence electrons. The second kappa shape index (κ2) is 10.1. The van der Waals surface area contributed by atoms with Gasteiger partial charge in [0.1, 0.15) is 0 Å². The normalized spacial score (nSPS) is 8.33. The molecule has 9 heavy (non-hydrogen) atoms. The molecule has 0 aromatic heterocycles. The molecule has 0 heterocycles.